The third-order valence-corrected chi connectivity index (χ3v) is 8.13. The predicted molar refractivity (Wildman–Crippen MR) is 117 cm³/mol. The number of aryl methyl sites for hydroxylation is 1. The van der Waals surface area contributed by atoms with Gasteiger partial charge in [-0.2, -0.15) is 0 Å². The quantitative estimate of drug-likeness (QED) is 0.593. The van der Waals surface area contributed by atoms with Gasteiger partial charge in [0.1, 0.15) is 0 Å². The van der Waals surface area contributed by atoms with Crippen molar-refractivity contribution in [2.24, 2.45) is 0 Å². The number of rotatable bonds is 5. The Hall–Kier alpha value is -2.15. The fraction of sp³-hybridized carbons (Fsp3) is 0.227. The highest BCUT2D eigenvalue weighted by molar-refractivity contribution is 7.91. The smallest absolute Gasteiger partial charge is 0.261 e. The number of thiophene rings is 1. The van der Waals surface area contributed by atoms with Crippen molar-refractivity contribution in [3.8, 4) is 10.4 Å². The number of sulfone groups is 1. The largest absolute Gasteiger partial charge is 0.349 e. The van der Waals surface area contributed by atoms with E-state index < -0.39 is 9.84 Å². The van der Waals surface area contributed by atoms with Crippen LogP contribution in [-0.4, -0.2) is 20.4 Å². The first-order valence-electron chi connectivity index (χ1n) is 9.33. The SMILES string of the molecule is CC(CCc1ccccc1)NC(=O)c1cc2c(s1)-c1ccc(Cl)cc1S(=O)(=O)C2. The molecule has 0 fully saturated rings. The molecule has 29 heavy (non-hydrogen) atoms. The molecule has 2 aromatic carbocycles. The Kier molecular flexibility index (Phi) is 5.51. The molecular formula is C22H20ClNO3S2. The fourth-order valence-corrected chi connectivity index (χ4v) is 6.61. The highest BCUT2D eigenvalue weighted by Crippen LogP contribution is 2.43. The van der Waals surface area contributed by atoms with Gasteiger partial charge in [0, 0.05) is 21.5 Å². The van der Waals surface area contributed by atoms with Crippen molar-refractivity contribution in [3.63, 3.8) is 0 Å². The molecule has 0 bridgehead atoms. The molecule has 0 radical (unpaired) electrons. The van der Waals surface area contributed by atoms with Gasteiger partial charge in [-0.25, -0.2) is 8.42 Å². The van der Waals surface area contributed by atoms with Crippen molar-refractivity contribution < 1.29 is 13.2 Å². The Labute approximate surface area is 179 Å². The molecule has 0 spiro atoms. The van der Waals surface area contributed by atoms with Crippen LogP contribution >= 0.6 is 22.9 Å². The lowest BCUT2D eigenvalue weighted by molar-refractivity contribution is 0.0942. The third kappa shape index (κ3) is 4.25. The first kappa shape index (κ1) is 20.1. The normalized spacial score (nSPS) is 15.2. The van der Waals surface area contributed by atoms with Crippen LogP contribution in [0.1, 0.15) is 34.1 Å². The van der Waals surface area contributed by atoms with Gasteiger partial charge in [0.05, 0.1) is 15.5 Å². The van der Waals surface area contributed by atoms with E-state index in [1.165, 1.54) is 23.0 Å². The number of hydrogen-bond donors (Lipinski definition) is 1. The van der Waals surface area contributed by atoms with Crippen molar-refractivity contribution in [1.29, 1.82) is 0 Å². The number of halogens is 1. The van der Waals surface area contributed by atoms with Gasteiger partial charge in [0.15, 0.2) is 9.84 Å². The first-order valence-corrected chi connectivity index (χ1v) is 12.2. The Balaban J connectivity index is 1.51. The maximum Gasteiger partial charge on any atom is 0.261 e. The summed E-state index contributed by atoms with van der Waals surface area (Å²) in [5, 5.41) is 3.42. The van der Waals surface area contributed by atoms with Gasteiger partial charge in [0.2, 0.25) is 0 Å². The summed E-state index contributed by atoms with van der Waals surface area (Å²) in [7, 11) is -3.46. The van der Waals surface area contributed by atoms with Crippen LogP contribution in [0.2, 0.25) is 5.02 Å². The molecule has 150 valence electrons. The number of carbonyl (C=O) groups excluding carboxylic acids is 1. The average molecular weight is 446 g/mol. The van der Waals surface area contributed by atoms with Gasteiger partial charge in [-0.15, -0.1) is 11.3 Å². The summed E-state index contributed by atoms with van der Waals surface area (Å²) >= 11 is 7.32. The van der Waals surface area contributed by atoms with Gasteiger partial charge in [-0.05, 0) is 49.1 Å². The first-order chi connectivity index (χ1) is 13.8. The van der Waals surface area contributed by atoms with E-state index in [2.05, 4.69) is 17.4 Å². The van der Waals surface area contributed by atoms with Crippen LogP contribution in [-0.2, 0) is 22.0 Å². The lowest BCUT2D eigenvalue weighted by atomic mass is 10.1. The molecule has 0 saturated carbocycles. The third-order valence-electron chi connectivity index (χ3n) is 4.99. The Bertz CT molecular complexity index is 1170. The summed E-state index contributed by atoms with van der Waals surface area (Å²) in [5.41, 5.74) is 2.53. The molecule has 1 aliphatic rings. The number of hydrogen-bond acceptors (Lipinski definition) is 4. The highest BCUT2D eigenvalue weighted by atomic mass is 35.5. The lowest BCUT2D eigenvalue weighted by Gasteiger charge is -2.16. The van der Waals surface area contributed by atoms with Gasteiger partial charge in [0.25, 0.3) is 5.91 Å². The Morgan fingerprint density at radius 1 is 1.17 bits per heavy atom. The van der Waals surface area contributed by atoms with Crippen LogP contribution in [0.15, 0.2) is 59.5 Å². The topological polar surface area (TPSA) is 63.2 Å². The molecule has 1 N–H and O–H groups in total. The molecule has 4 nitrogen and oxygen atoms in total. The molecule has 4 rings (SSSR count). The zero-order chi connectivity index (χ0) is 20.6. The maximum absolute atomic E-state index is 12.7. The minimum atomic E-state index is -3.46. The summed E-state index contributed by atoms with van der Waals surface area (Å²) < 4.78 is 25.2. The molecule has 7 heteroatoms. The van der Waals surface area contributed by atoms with Gasteiger partial charge < -0.3 is 5.32 Å². The van der Waals surface area contributed by atoms with Crippen LogP contribution in [0.4, 0.5) is 0 Å². The van der Waals surface area contributed by atoms with E-state index in [1.54, 1.807) is 18.2 Å². The monoisotopic (exact) mass is 445 g/mol. The summed E-state index contributed by atoms with van der Waals surface area (Å²) in [4.78, 5) is 14.3. The van der Waals surface area contributed by atoms with E-state index >= 15 is 0 Å². The summed E-state index contributed by atoms with van der Waals surface area (Å²) in [5.74, 6) is -0.277. The van der Waals surface area contributed by atoms with Crippen LogP contribution in [0, 0.1) is 0 Å². The average Bonchev–Trinajstić information content (AvgIpc) is 3.10. The molecule has 3 aromatic rings. The molecule has 2 heterocycles. The second-order valence-corrected chi connectivity index (χ2v) is 10.7. The maximum atomic E-state index is 12.7. The minimum Gasteiger partial charge on any atom is -0.349 e. The highest BCUT2D eigenvalue weighted by Gasteiger charge is 2.31. The van der Waals surface area contributed by atoms with Crippen molar-refractivity contribution in [2.75, 3.05) is 0 Å². The van der Waals surface area contributed by atoms with E-state index in [1.807, 2.05) is 25.1 Å². The van der Waals surface area contributed by atoms with Crippen molar-refractivity contribution >= 4 is 38.7 Å². The summed E-state index contributed by atoms with van der Waals surface area (Å²) in [6, 6.07) is 16.7. The zero-order valence-corrected chi connectivity index (χ0v) is 18.2. The van der Waals surface area contributed by atoms with Crippen LogP contribution in [0.5, 0.6) is 0 Å². The second-order valence-electron chi connectivity index (χ2n) is 7.26. The van der Waals surface area contributed by atoms with Crippen molar-refractivity contribution in [1.82, 2.24) is 5.32 Å². The van der Waals surface area contributed by atoms with Crippen LogP contribution < -0.4 is 5.32 Å². The van der Waals surface area contributed by atoms with Crippen LogP contribution in [0.3, 0.4) is 0 Å². The van der Waals surface area contributed by atoms with E-state index in [9.17, 15) is 13.2 Å². The molecule has 1 amide bonds. The molecule has 1 atom stereocenters. The van der Waals surface area contributed by atoms with Gasteiger partial charge in [-0.3, -0.25) is 4.79 Å². The van der Waals surface area contributed by atoms with Crippen molar-refractivity contribution in [3.05, 3.63) is 75.6 Å². The van der Waals surface area contributed by atoms with Crippen molar-refractivity contribution in [2.45, 2.75) is 36.5 Å². The zero-order valence-electron chi connectivity index (χ0n) is 15.8. The molecule has 1 unspecified atom stereocenters. The molecular weight excluding hydrogens is 426 g/mol. The molecule has 1 aromatic heterocycles. The van der Waals surface area contributed by atoms with E-state index in [0.29, 0.717) is 21.0 Å². The number of carbonyl (C=O) groups is 1. The second kappa shape index (κ2) is 7.94. The Morgan fingerprint density at radius 2 is 1.93 bits per heavy atom. The summed E-state index contributed by atoms with van der Waals surface area (Å²) in [6.07, 6.45) is 1.71. The number of fused-ring (bicyclic) bond motifs is 3. The molecule has 0 saturated heterocycles. The number of nitrogens with one attached hydrogen (secondary N) is 1. The minimum absolute atomic E-state index is 0.0108. The van der Waals surface area contributed by atoms with E-state index in [0.717, 1.165) is 17.7 Å². The van der Waals surface area contributed by atoms with E-state index in [4.69, 9.17) is 11.6 Å². The van der Waals surface area contributed by atoms with Gasteiger partial charge in [-0.1, -0.05) is 48.0 Å². The molecule has 1 aliphatic heterocycles. The summed E-state index contributed by atoms with van der Waals surface area (Å²) in [6.45, 7) is 1.98. The number of benzene rings is 2. The predicted octanol–water partition coefficient (Wildman–Crippen LogP) is 5.11. The lowest BCUT2D eigenvalue weighted by Crippen LogP contribution is -2.32. The standard InChI is InChI=1S/C22H20ClNO3S2/c1-14(7-8-15-5-3-2-4-6-15)24-22(25)19-11-16-13-29(26,27)20-12-17(23)9-10-18(20)21(16)28-19/h2-6,9-12,14H,7-8,13H2,1H3,(H,24,25). The molecule has 0 aliphatic carbocycles. The number of amides is 1. The Morgan fingerprint density at radius 3 is 2.69 bits per heavy atom. The van der Waals surface area contributed by atoms with Crippen LogP contribution in [0.25, 0.3) is 10.4 Å². The van der Waals surface area contributed by atoms with Gasteiger partial charge >= 0.3 is 0 Å². The van der Waals surface area contributed by atoms with E-state index in [-0.39, 0.29) is 22.6 Å². The fourth-order valence-electron chi connectivity index (χ4n) is 3.49.